The summed E-state index contributed by atoms with van der Waals surface area (Å²) in [5, 5.41) is 52.6. The van der Waals surface area contributed by atoms with E-state index in [4.69, 9.17) is 85.3 Å². The van der Waals surface area contributed by atoms with Crippen LogP contribution in [0.2, 0.25) is 0 Å². The lowest BCUT2D eigenvalue weighted by molar-refractivity contribution is -0.364. The number of carbonyl (C=O) groups is 1. The highest BCUT2D eigenvalue weighted by molar-refractivity contribution is 5.88. The van der Waals surface area contributed by atoms with Crippen molar-refractivity contribution in [2.24, 2.45) is 22.7 Å². The molecular weight excluding hydrogens is 1120 g/mol. The van der Waals surface area contributed by atoms with Gasteiger partial charge in [0.25, 0.3) is 0 Å². The molecule has 0 aromatic heterocycles. The van der Waals surface area contributed by atoms with Crippen LogP contribution >= 0.6 is 0 Å². The summed E-state index contributed by atoms with van der Waals surface area (Å²) in [6.07, 6.45) is -10.8. The van der Waals surface area contributed by atoms with Crippen LogP contribution in [0.15, 0.2) is 11.6 Å². The Hall–Kier alpha value is -1.51. The van der Waals surface area contributed by atoms with Crippen LogP contribution in [0, 0.1) is 22.7 Å². The van der Waals surface area contributed by atoms with E-state index in [1.807, 2.05) is 20.8 Å². The average molecular weight is 1220 g/mol. The molecule has 2 saturated carbocycles. The summed E-state index contributed by atoms with van der Waals surface area (Å²) in [5.41, 5.74) is 0.754. The molecule has 8 saturated heterocycles. The maximum atomic E-state index is 13.4. The van der Waals surface area contributed by atoms with E-state index in [2.05, 4.69) is 26.8 Å². The Morgan fingerprint density at radius 2 is 1.12 bits per heavy atom. The normalized spacial score (nSPS) is 53.8. The summed E-state index contributed by atoms with van der Waals surface area (Å²) < 4.78 is 115. The Labute approximate surface area is 499 Å². The number of rotatable bonds is 17. The first-order valence-corrected chi connectivity index (χ1v) is 31.4. The number of fused-ring (bicyclic) bond motifs is 5. The van der Waals surface area contributed by atoms with E-state index in [1.54, 1.807) is 35.2 Å². The molecule has 5 N–H and O–H groups in total. The summed E-state index contributed by atoms with van der Waals surface area (Å²) in [6.45, 7) is 15.4. The van der Waals surface area contributed by atoms with E-state index in [-0.39, 0.29) is 54.2 Å². The van der Waals surface area contributed by atoms with Gasteiger partial charge < -0.3 is 111 Å². The molecule has 24 heteroatoms. The van der Waals surface area contributed by atoms with Gasteiger partial charge in [-0.3, -0.25) is 4.79 Å². The van der Waals surface area contributed by atoms with Gasteiger partial charge in [0.05, 0.1) is 91.4 Å². The zero-order valence-corrected chi connectivity index (χ0v) is 51.6. The van der Waals surface area contributed by atoms with Crippen molar-refractivity contribution in [1.29, 1.82) is 0 Å². The number of aliphatic hydroxyl groups excluding tert-OH is 5. The molecule has 8 aliphatic heterocycles. The van der Waals surface area contributed by atoms with Crippen molar-refractivity contribution in [3.63, 3.8) is 0 Å². The van der Waals surface area contributed by atoms with Gasteiger partial charge in [-0.25, -0.2) is 0 Å². The van der Waals surface area contributed by atoms with Crippen LogP contribution in [0.5, 0.6) is 0 Å². The van der Waals surface area contributed by atoms with Crippen molar-refractivity contribution in [3.8, 4) is 0 Å². The number of methoxy groups -OCH3 is 4. The van der Waals surface area contributed by atoms with Gasteiger partial charge in [-0.1, -0.05) is 18.6 Å². The fourth-order valence-electron chi connectivity index (χ4n) is 16.7. The number of ketones is 1. The summed E-state index contributed by atoms with van der Waals surface area (Å²) in [5.74, 6) is -0.0306. The van der Waals surface area contributed by atoms with Crippen molar-refractivity contribution < 1.29 is 116 Å². The Balaban J connectivity index is 0.639. The van der Waals surface area contributed by atoms with Crippen molar-refractivity contribution >= 4 is 5.78 Å². The molecule has 3 aliphatic carbocycles. The van der Waals surface area contributed by atoms with Gasteiger partial charge in [-0.15, -0.1) is 0 Å². The Bertz CT molecular complexity index is 2270. The maximum Gasteiger partial charge on any atom is 0.187 e. The fraction of sp³-hybridized carbons (Fsp3) is 0.951. The third-order valence-corrected chi connectivity index (χ3v) is 21.5. The lowest BCUT2D eigenvalue weighted by atomic mass is 9.56. The number of hydrogen-bond donors (Lipinski definition) is 5. The summed E-state index contributed by atoms with van der Waals surface area (Å²) in [4.78, 5) is 13.4. The van der Waals surface area contributed by atoms with Crippen LogP contribution in [-0.2, 0) is 90.1 Å². The molecule has 8 heterocycles. The topological polar surface area (TPSA) is 284 Å². The molecular formula is C61H98O24. The number of carbonyl (C=O) groups excluding carboxylic acids is 1. The van der Waals surface area contributed by atoms with E-state index >= 15 is 0 Å². The molecule has 11 aliphatic rings. The van der Waals surface area contributed by atoms with Gasteiger partial charge in [0.2, 0.25) is 0 Å². The second-order valence-electron chi connectivity index (χ2n) is 26.7. The average Bonchev–Trinajstić information content (AvgIpc) is 1.73. The highest BCUT2D eigenvalue weighted by Crippen LogP contribution is 2.66. The van der Waals surface area contributed by atoms with Crippen molar-refractivity contribution in [1.82, 2.24) is 0 Å². The summed E-state index contributed by atoms with van der Waals surface area (Å²) >= 11 is 0. The van der Waals surface area contributed by atoms with Gasteiger partial charge in [0.15, 0.2) is 43.5 Å². The molecule has 10 fully saturated rings. The SMILES string of the molecule is COC1CC(OC2C(C)OC(OC3C(C)OC(OC4CCC5(C)C(=CCC67OC(C)C8CCC(=O)C8(C)C(CC65)O7)C4)CC3OC)CC2OC)OC(C)C1OC1CC(O)C(OC2OC(C)CC(OC3OC(CO)C(O)C(O)C3O)C2OC)C(C)O1. The van der Waals surface area contributed by atoms with Crippen LogP contribution in [0.25, 0.3) is 0 Å². The molecule has 24 nitrogen and oxygen atoms in total. The molecule has 2 bridgehead atoms. The molecule has 11 rings (SSSR count). The predicted molar refractivity (Wildman–Crippen MR) is 294 cm³/mol. The molecule has 0 amide bonds. The first-order valence-electron chi connectivity index (χ1n) is 31.4. The number of Topliss-reactive ketones (excluding diaryl/α,β-unsaturated/α-hetero) is 1. The Kier molecular flexibility index (Phi) is 20.1. The second kappa shape index (κ2) is 26.2. The second-order valence-corrected chi connectivity index (χ2v) is 26.7. The molecule has 1 spiro atoms. The van der Waals surface area contributed by atoms with Crippen molar-refractivity contribution in [3.05, 3.63) is 11.6 Å². The van der Waals surface area contributed by atoms with Gasteiger partial charge in [0, 0.05) is 85.2 Å². The first-order chi connectivity index (χ1) is 40.5. The molecule has 486 valence electrons. The maximum absolute atomic E-state index is 13.4. The lowest BCUT2D eigenvalue weighted by Gasteiger charge is -2.53. The van der Waals surface area contributed by atoms with E-state index in [0.717, 1.165) is 32.1 Å². The van der Waals surface area contributed by atoms with Crippen molar-refractivity contribution in [2.45, 2.75) is 310 Å². The highest BCUT2D eigenvalue weighted by Gasteiger charge is 2.69. The third-order valence-electron chi connectivity index (χ3n) is 21.5. The Morgan fingerprint density at radius 1 is 0.553 bits per heavy atom. The van der Waals surface area contributed by atoms with E-state index in [1.165, 1.54) is 12.7 Å². The quantitative estimate of drug-likeness (QED) is 0.131. The van der Waals surface area contributed by atoms with Crippen LogP contribution < -0.4 is 0 Å². The van der Waals surface area contributed by atoms with E-state index < -0.39 is 159 Å². The highest BCUT2D eigenvalue weighted by atomic mass is 16.8. The third kappa shape index (κ3) is 12.4. The smallest absolute Gasteiger partial charge is 0.187 e. The molecule has 33 atom stereocenters. The monoisotopic (exact) mass is 1210 g/mol. The number of aliphatic hydroxyl groups is 5. The lowest BCUT2D eigenvalue weighted by Crippen LogP contribution is -2.62. The van der Waals surface area contributed by atoms with E-state index in [9.17, 15) is 30.3 Å². The Morgan fingerprint density at radius 3 is 1.67 bits per heavy atom. The minimum atomic E-state index is -1.62. The van der Waals surface area contributed by atoms with Crippen LogP contribution in [-0.4, -0.2) is 244 Å². The number of ether oxygens (including phenoxy) is 18. The number of hydrogen-bond acceptors (Lipinski definition) is 24. The first kappa shape index (κ1) is 65.0. The largest absolute Gasteiger partial charge is 0.394 e. The standard InChI is InChI=1S/C61H98O24/c1-27-19-40(78-57-51(67)50(66)49(65)41(26-62)79-57)56(71-12)58(72-27)83-52-29(3)73-45(21-36(52)63)80-53-31(5)75-47(23-38(53)69-10)82-55-32(6)76-48(24-39(55)70-11)81-54-30(4)74-46(22-37(54)68-9)77-34-16-17-59(7)33(20-34)15-18-61-42(59)25-44(85-61)60(8)35(28(2)84-61)13-14-43(60)64/h15,27-32,34-42,44-58,62-63,65-67H,13-14,16-26H2,1-12H3. The molecule has 33 unspecified atom stereocenters. The molecule has 0 radical (unpaired) electrons. The molecule has 0 aromatic rings. The van der Waals surface area contributed by atoms with Crippen molar-refractivity contribution in [2.75, 3.05) is 35.0 Å². The summed E-state index contributed by atoms with van der Waals surface area (Å²) in [7, 11) is 6.38. The van der Waals surface area contributed by atoms with Crippen LogP contribution in [0.3, 0.4) is 0 Å². The van der Waals surface area contributed by atoms with Gasteiger partial charge in [-0.05, 0) is 86.0 Å². The molecule has 0 aromatic carbocycles. The molecule has 85 heavy (non-hydrogen) atoms. The van der Waals surface area contributed by atoms with Crippen LogP contribution in [0.1, 0.15) is 132 Å². The minimum Gasteiger partial charge on any atom is -0.394 e. The van der Waals surface area contributed by atoms with Crippen LogP contribution in [0.4, 0.5) is 0 Å². The fourth-order valence-corrected chi connectivity index (χ4v) is 16.7. The minimum absolute atomic E-state index is 0.0332. The zero-order chi connectivity index (χ0) is 60.6. The van der Waals surface area contributed by atoms with Gasteiger partial charge in [-0.2, -0.15) is 0 Å². The zero-order valence-electron chi connectivity index (χ0n) is 51.6. The van der Waals surface area contributed by atoms with Gasteiger partial charge in [0.1, 0.15) is 60.7 Å². The summed E-state index contributed by atoms with van der Waals surface area (Å²) in [6, 6.07) is 0. The predicted octanol–water partition coefficient (Wildman–Crippen LogP) is 3.22. The van der Waals surface area contributed by atoms with E-state index in [0.29, 0.717) is 44.3 Å². The van der Waals surface area contributed by atoms with Gasteiger partial charge >= 0.3 is 0 Å².